The summed E-state index contributed by atoms with van der Waals surface area (Å²) in [5.74, 6) is 0.374. The first-order valence-corrected chi connectivity index (χ1v) is 13.8. The third-order valence-corrected chi connectivity index (χ3v) is 7.56. The number of ether oxygens (including phenoxy) is 3. The first kappa shape index (κ1) is 28.5. The molecule has 1 heterocycles. The molecule has 9 heteroatoms. The predicted octanol–water partition coefficient (Wildman–Crippen LogP) is 7.02. The molecule has 0 spiro atoms. The first-order chi connectivity index (χ1) is 19.7. The Morgan fingerprint density at radius 1 is 1.07 bits per heavy atom. The average Bonchev–Trinajstić information content (AvgIpc) is 3.07. The van der Waals surface area contributed by atoms with Gasteiger partial charge >= 0.3 is 6.09 Å². The van der Waals surface area contributed by atoms with Crippen LogP contribution in [0.4, 0.5) is 16.2 Å². The van der Waals surface area contributed by atoms with Gasteiger partial charge in [0.15, 0.2) is 5.78 Å². The largest absolute Gasteiger partial charge is 0.506 e. The molecule has 0 saturated carbocycles. The number of carbonyl (C=O) groups excluding carboxylic acids is 2. The molecule has 5 rings (SSSR count). The van der Waals surface area contributed by atoms with Gasteiger partial charge in [0.1, 0.15) is 30.4 Å². The molecule has 1 amide bonds. The number of para-hydroxylation sites is 1. The number of nitrogens with one attached hydrogen (secondary N) is 1. The van der Waals surface area contributed by atoms with Crippen molar-refractivity contribution in [1.82, 2.24) is 0 Å². The van der Waals surface area contributed by atoms with Crippen molar-refractivity contribution in [2.45, 2.75) is 39.3 Å². The maximum Gasteiger partial charge on any atom is 0.415 e. The van der Waals surface area contributed by atoms with Crippen LogP contribution in [0.25, 0.3) is 0 Å². The van der Waals surface area contributed by atoms with Crippen molar-refractivity contribution in [3.05, 3.63) is 94.1 Å². The smallest absolute Gasteiger partial charge is 0.415 e. The maximum atomic E-state index is 13.9. The Hall–Kier alpha value is -4.01. The van der Waals surface area contributed by atoms with Gasteiger partial charge in [0, 0.05) is 29.8 Å². The van der Waals surface area contributed by atoms with E-state index in [1.807, 2.05) is 44.2 Å². The van der Waals surface area contributed by atoms with Gasteiger partial charge in [-0.15, -0.1) is 0 Å². The number of fused-ring (bicyclic) bond motifs is 1. The minimum Gasteiger partial charge on any atom is -0.506 e. The maximum absolute atomic E-state index is 13.9. The topological polar surface area (TPSA) is 97.3 Å². The van der Waals surface area contributed by atoms with Gasteiger partial charge in [0.2, 0.25) is 0 Å². The Morgan fingerprint density at radius 3 is 2.59 bits per heavy atom. The van der Waals surface area contributed by atoms with Gasteiger partial charge in [-0.1, -0.05) is 67.9 Å². The Bertz CT molecular complexity index is 1490. The summed E-state index contributed by atoms with van der Waals surface area (Å²) in [6.45, 7) is 4.60. The molecule has 3 aromatic rings. The Kier molecular flexibility index (Phi) is 8.24. The van der Waals surface area contributed by atoms with Crippen molar-refractivity contribution >= 4 is 34.9 Å². The molecule has 0 bridgehead atoms. The molecule has 0 saturated heterocycles. The zero-order valence-electron chi connectivity index (χ0n) is 23.3. The summed E-state index contributed by atoms with van der Waals surface area (Å²) < 4.78 is 16.6. The highest BCUT2D eigenvalue weighted by Crippen LogP contribution is 2.51. The van der Waals surface area contributed by atoms with Crippen LogP contribution in [0.1, 0.15) is 43.9 Å². The van der Waals surface area contributed by atoms with Crippen LogP contribution in [-0.4, -0.2) is 37.3 Å². The number of aromatic hydroxyl groups is 1. The van der Waals surface area contributed by atoms with Crippen molar-refractivity contribution in [3.8, 4) is 11.5 Å². The fraction of sp³-hybridized carbons (Fsp3) is 0.312. The van der Waals surface area contributed by atoms with E-state index < -0.39 is 12.1 Å². The average molecular weight is 577 g/mol. The molecular weight excluding hydrogens is 544 g/mol. The molecular formula is C32H33ClN2O6. The number of anilines is 2. The third kappa shape index (κ3) is 6.04. The van der Waals surface area contributed by atoms with Gasteiger partial charge < -0.3 is 24.6 Å². The summed E-state index contributed by atoms with van der Waals surface area (Å²) in [6, 6.07) is 19.0. The third-order valence-electron chi connectivity index (χ3n) is 7.23. The number of hydrogen-bond acceptors (Lipinski definition) is 7. The molecule has 2 aliphatic rings. The lowest BCUT2D eigenvalue weighted by Crippen LogP contribution is -2.40. The van der Waals surface area contributed by atoms with Crippen LogP contribution in [0.3, 0.4) is 0 Å². The minimum absolute atomic E-state index is 0.00695. The van der Waals surface area contributed by atoms with Crippen LogP contribution in [0.15, 0.2) is 78.0 Å². The highest BCUT2D eigenvalue weighted by molar-refractivity contribution is 6.31. The van der Waals surface area contributed by atoms with E-state index in [4.69, 9.17) is 25.8 Å². The summed E-state index contributed by atoms with van der Waals surface area (Å²) in [6.07, 6.45) is 0.114. The molecule has 0 fully saturated rings. The Balaban J connectivity index is 1.63. The monoisotopic (exact) mass is 576 g/mol. The van der Waals surface area contributed by atoms with Gasteiger partial charge in [0.05, 0.1) is 18.3 Å². The van der Waals surface area contributed by atoms with Crippen molar-refractivity contribution in [2.24, 2.45) is 5.41 Å². The first-order valence-electron chi connectivity index (χ1n) is 13.4. The van der Waals surface area contributed by atoms with Crippen LogP contribution in [-0.2, 0) is 20.9 Å². The molecule has 214 valence electrons. The summed E-state index contributed by atoms with van der Waals surface area (Å²) in [5.41, 5.74) is 2.92. The van der Waals surface area contributed by atoms with Gasteiger partial charge in [-0.3, -0.25) is 9.69 Å². The molecule has 8 nitrogen and oxygen atoms in total. The van der Waals surface area contributed by atoms with Gasteiger partial charge in [-0.2, -0.15) is 0 Å². The second-order valence-electron chi connectivity index (χ2n) is 11.0. The van der Waals surface area contributed by atoms with Gasteiger partial charge in [-0.05, 0) is 47.2 Å². The van der Waals surface area contributed by atoms with Crippen LogP contribution < -0.4 is 15.0 Å². The summed E-state index contributed by atoms with van der Waals surface area (Å²) >= 11 is 6.91. The minimum atomic E-state index is -0.921. The number of allylic oxidation sites excluding steroid dienone is 1. The van der Waals surface area contributed by atoms with Crippen LogP contribution in [0, 0.1) is 5.41 Å². The molecule has 41 heavy (non-hydrogen) atoms. The van der Waals surface area contributed by atoms with E-state index in [1.54, 1.807) is 30.3 Å². The molecule has 2 N–H and O–H groups in total. The SMILES string of the molecule is COCCOC(=O)N1c2cccc(O)c2NC2=C(C(=O)CC(C)(C)C2)C1c1ccc(OCc2ccccc2)cc1Cl. The molecule has 1 aliphatic heterocycles. The zero-order valence-corrected chi connectivity index (χ0v) is 24.0. The van der Waals surface area contributed by atoms with Crippen LogP contribution >= 0.6 is 11.6 Å². The Morgan fingerprint density at radius 2 is 1.85 bits per heavy atom. The lowest BCUT2D eigenvalue weighted by atomic mass is 9.73. The molecule has 1 unspecified atom stereocenters. The number of benzene rings is 3. The fourth-order valence-corrected chi connectivity index (χ4v) is 5.65. The van der Waals surface area contributed by atoms with Crippen LogP contribution in [0.5, 0.6) is 11.5 Å². The summed E-state index contributed by atoms with van der Waals surface area (Å²) in [5, 5.41) is 14.5. The van der Waals surface area contributed by atoms with Crippen LogP contribution in [0.2, 0.25) is 5.02 Å². The number of rotatable bonds is 7. The molecule has 0 radical (unpaired) electrons. The van der Waals surface area contributed by atoms with Crippen molar-refractivity contribution in [2.75, 3.05) is 30.5 Å². The van der Waals surface area contributed by atoms with Crippen molar-refractivity contribution < 1.29 is 28.9 Å². The molecule has 1 atom stereocenters. The number of hydrogen-bond donors (Lipinski definition) is 2. The lowest BCUT2D eigenvalue weighted by molar-refractivity contribution is -0.118. The lowest BCUT2D eigenvalue weighted by Gasteiger charge is -2.37. The summed E-state index contributed by atoms with van der Waals surface area (Å²) in [4.78, 5) is 29.0. The highest BCUT2D eigenvalue weighted by atomic mass is 35.5. The number of ketones is 1. The highest BCUT2D eigenvalue weighted by Gasteiger charge is 2.45. The molecule has 3 aromatic carbocycles. The van der Waals surface area contributed by atoms with E-state index in [0.717, 1.165) is 5.56 Å². The number of methoxy groups -OCH3 is 1. The number of amides is 1. The van der Waals surface area contributed by atoms with E-state index in [1.165, 1.54) is 18.1 Å². The standard InChI is InChI=1S/C32H33ClN2O6/c1-32(2)17-24-28(27(37)18-32)30(22-13-12-21(16-23(22)33)41-19-20-8-5-4-6-9-20)35(31(38)40-15-14-39-3)25-10-7-11-26(36)29(25)34-24/h4-13,16,30,34,36H,14-15,17-19H2,1-3H3. The zero-order chi connectivity index (χ0) is 29.1. The Labute approximate surface area is 244 Å². The molecule has 1 aliphatic carbocycles. The number of carbonyl (C=O) groups is 2. The molecule has 0 aromatic heterocycles. The summed E-state index contributed by atoms with van der Waals surface area (Å²) in [7, 11) is 1.51. The van der Waals surface area contributed by atoms with Gasteiger partial charge in [-0.25, -0.2) is 4.79 Å². The van der Waals surface area contributed by atoms with E-state index in [-0.39, 0.29) is 36.6 Å². The normalized spacial score (nSPS) is 17.7. The van der Waals surface area contributed by atoms with E-state index in [0.29, 0.717) is 52.0 Å². The van der Waals surface area contributed by atoms with E-state index in [2.05, 4.69) is 5.32 Å². The predicted molar refractivity (Wildman–Crippen MR) is 157 cm³/mol. The van der Waals surface area contributed by atoms with Crippen molar-refractivity contribution in [1.29, 1.82) is 0 Å². The number of phenols is 1. The number of phenolic OH excluding ortho intramolecular Hbond substituents is 1. The second kappa shape index (κ2) is 11.8. The number of halogens is 1. The second-order valence-corrected chi connectivity index (χ2v) is 11.4. The van der Waals surface area contributed by atoms with E-state index in [9.17, 15) is 14.7 Å². The van der Waals surface area contributed by atoms with Gasteiger partial charge in [0.25, 0.3) is 0 Å². The number of Topliss-reactive ketones (excluding diaryl/α,β-unsaturated/α-hetero) is 1. The fourth-order valence-electron chi connectivity index (χ4n) is 5.38. The number of nitrogens with zero attached hydrogens (tertiary/aromatic N) is 1. The quantitative estimate of drug-likeness (QED) is 0.230. The van der Waals surface area contributed by atoms with Crippen molar-refractivity contribution in [3.63, 3.8) is 0 Å². The van der Waals surface area contributed by atoms with E-state index >= 15 is 0 Å².